The van der Waals surface area contributed by atoms with Crippen LogP contribution in [0.4, 0.5) is 5.69 Å². The van der Waals surface area contributed by atoms with Crippen LogP contribution in [0.25, 0.3) is 0 Å². The lowest BCUT2D eigenvalue weighted by Gasteiger charge is -2.22. The van der Waals surface area contributed by atoms with Crippen molar-refractivity contribution in [2.45, 2.75) is 45.1 Å². The van der Waals surface area contributed by atoms with Gasteiger partial charge in [-0.05, 0) is 84.3 Å². The van der Waals surface area contributed by atoms with Crippen molar-refractivity contribution in [1.82, 2.24) is 10.6 Å². The van der Waals surface area contributed by atoms with Gasteiger partial charge < -0.3 is 15.4 Å². The maximum absolute atomic E-state index is 12.6. The van der Waals surface area contributed by atoms with Crippen LogP contribution in [0, 0.1) is 0 Å². The number of nitrogens with one attached hydrogen (secondary N) is 3. The highest BCUT2D eigenvalue weighted by Gasteiger charge is 2.17. The molecule has 0 spiro atoms. The average Bonchev–Trinajstić information content (AvgIpc) is 2.76. The van der Waals surface area contributed by atoms with E-state index >= 15 is 0 Å². The molecule has 1 aliphatic rings. The van der Waals surface area contributed by atoms with Crippen LogP contribution in [0.5, 0.6) is 5.75 Å². The number of halogens is 1. The zero-order valence-corrected chi connectivity index (χ0v) is 19.8. The number of carbonyl (C=O) groups is 2. The fourth-order valence-electron chi connectivity index (χ4n) is 3.51. The minimum absolute atomic E-state index is 0.0928. The Bertz CT molecular complexity index is 961. The van der Waals surface area contributed by atoms with Crippen LogP contribution in [0.2, 0.25) is 0 Å². The molecule has 0 radical (unpaired) electrons. The van der Waals surface area contributed by atoms with Crippen LogP contribution in [-0.4, -0.2) is 29.6 Å². The monoisotopic (exact) mass is 503 g/mol. The third kappa shape index (κ3) is 6.77. The van der Waals surface area contributed by atoms with Crippen LogP contribution in [0.3, 0.4) is 0 Å². The number of thiocarbonyl (C=S) groups is 1. The minimum atomic E-state index is -0.340. The summed E-state index contributed by atoms with van der Waals surface area (Å²) in [6.07, 6.45) is 5.61. The predicted octanol–water partition coefficient (Wildman–Crippen LogP) is 5.04. The largest absolute Gasteiger partial charge is 0.493 e. The predicted molar refractivity (Wildman–Crippen MR) is 130 cm³/mol. The van der Waals surface area contributed by atoms with Crippen molar-refractivity contribution in [1.29, 1.82) is 0 Å². The molecule has 1 aliphatic carbocycles. The van der Waals surface area contributed by atoms with Crippen LogP contribution < -0.4 is 20.7 Å². The second-order valence-electron chi connectivity index (χ2n) is 7.38. The summed E-state index contributed by atoms with van der Waals surface area (Å²) in [7, 11) is 0. The van der Waals surface area contributed by atoms with Crippen LogP contribution in [0.15, 0.2) is 46.9 Å². The van der Waals surface area contributed by atoms with Crippen molar-refractivity contribution in [3.63, 3.8) is 0 Å². The topological polar surface area (TPSA) is 79.5 Å². The molecule has 8 heteroatoms. The highest BCUT2D eigenvalue weighted by Crippen LogP contribution is 2.26. The highest BCUT2D eigenvalue weighted by molar-refractivity contribution is 9.10. The lowest BCUT2D eigenvalue weighted by atomic mass is 9.95. The molecule has 164 valence electrons. The fourth-order valence-corrected chi connectivity index (χ4v) is 4.21. The van der Waals surface area contributed by atoms with Gasteiger partial charge in [0.1, 0.15) is 5.75 Å². The van der Waals surface area contributed by atoms with E-state index in [1.807, 2.05) is 6.92 Å². The van der Waals surface area contributed by atoms with Gasteiger partial charge in [-0.25, -0.2) is 0 Å². The summed E-state index contributed by atoms with van der Waals surface area (Å²) in [5.74, 6) is 0.236. The number of anilines is 1. The maximum Gasteiger partial charge on any atom is 0.257 e. The Morgan fingerprint density at radius 1 is 1.06 bits per heavy atom. The molecular weight excluding hydrogens is 478 g/mol. The van der Waals surface area contributed by atoms with Gasteiger partial charge in [0.2, 0.25) is 0 Å². The van der Waals surface area contributed by atoms with E-state index in [2.05, 4.69) is 31.9 Å². The molecule has 0 saturated heterocycles. The third-order valence-electron chi connectivity index (χ3n) is 5.04. The van der Waals surface area contributed by atoms with Gasteiger partial charge in [0, 0.05) is 22.9 Å². The van der Waals surface area contributed by atoms with Crippen molar-refractivity contribution in [2.24, 2.45) is 0 Å². The summed E-state index contributed by atoms with van der Waals surface area (Å²) in [5.41, 5.74) is 1.63. The van der Waals surface area contributed by atoms with Crippen molar-refractivity contribution in [3.05, 3.63) is 58.1 Å². The second kappa shape index (κ2) is 11.2. The number of ether oxygens (including phenoxy) is 1. The standard InChI is InChI=1S/C23H26BrN3O3S/c1-2-30-20-12-11-16(14-19(20)24)22(29)27-23(31)26-18-10-6-7-15(13-18)21(28)25-17-8-4-3-5-9-17/h6-7,10-14,17H,2-5,8-9H2,1H3,(H,25,28)(H2,26,27,29,31). The number of benzene rings is 2. The minimum Gasteiger partial charge on any atom is -0.493 e. The van der Waals surface area contributed by atoms with Gasteiger partial charge in [0.25, 0.3) is 11.8 Å². The molecule has 1 fully saturated rings. The summed E-state index contributed by atoms with van der Waals surface area (Å²) >= 11 is 8.67. The first-order chi connectivity index (χ1) is 15.0. The number of carbonyl (C=O) groups excluding carboxylic acids is 2. The summed E-state index contributed by atoms with van der Waals surface area (Å²) in [6, 6.07) is 12.4. The number of hydrogen-bond acceptors (Lipinski definition) is 4. The Balaban J connectivity index is 1.57. The van der Waals surface area contributed by atoms with Crippen LogP contribution in [-0.2, 0) is 0 Å². The molecule has 0 atom stereocenters. The van der Waals surface area contributed by atoms with Crippen LogP contribution >= 0.6 is 28.1 Å². The fraction of sp³-hybridized carbons (Fsp3) is 0.348. The summed E-state index contributed by atoms with van der Waals surface area (Å²) in [5, 5.41) is 8.88. The maximum atomic E-state index is 12.6. The molecule has 0 heterocycles. The van der Waals surface area contributed by atoms with Gasteiger partial charge in [-0.1, -0.05) is 25.3 Å². The lowest BCUT2D eigenvalue weighted by molar-refractivity contribution is 0.0926. The van der Waals surface area contributed by atoms with E-state index in [0.717, 1.165) is 25.7 Å². The lowest BCUT2D eigenvalue weighted by Crippen LogP contribution is -2.36. The van der Waals surface area contributed by atoms with E-state index in [4.69, 9.17) is 17.0 Å². The normalized spacial score (nSPS) is 13.9. The first-order valence-corrected chi connectivity index (χ1v) is 11.6. The smallest absolute Gasteiger partial charge is 0.257 e. The molecule has 0 bridgehead atoms. The van der Waals surface area contributed by atoms with E-state index in [9.17, 15) is 9.59 Å². The van der Waals surface area contributed by atoms with Crippen molar-refractivity contribution < 1.29 is 14.3 Å². The zero-order valence-electron chi connectivity index (χ0n) is 17.4. The number of amides is 2. The first-order valence-electron chi connectivity index (χ1n) is 10.4. The Morgan fingerprint density at radius 3 is 2.52 bits per heavy atom. The number of rotatable bonds is 6. The van der Waals surface area contributed by atoms with E-state index in [-0.39, 0.29) is 23.0 Å². The summed E-state index contributed by atoms with van der Waals surface area (Å²) in [4.78, 5) is 25.1. The molecule has 0 aliphatic heterocycles. The van der Waals surface area contributed by atoms with Crippen LogP contribution in [0.1, 0.15) is 59.7 Å². The summed E-state index contributed by atoms with van der Waals surface area (Å²) in [6.45, 7) is 2.43. The van der Waals surface area contributed by atoms with Gasteiger partial charge in [0.05, 0.1) is 11.1 Å². The van der Waals surface area contributed by atoms with E-state index in [0.29, 0.717) is 33.6 Å². The zero-order chi connectivity index (χ0) is 22.2. The molecule has 0 aromatic heterocycles. The Hall–Kier alpha value is -2.45. The average molecular weight is 504 g/mol. The molecule has 2 aromatic rings. The summed E-state index contributed by atoms with van der Waals surface area (Å²) < 4.78 is 6.15. The molecule has 0 unspecified atom stereocenters. The Labute approximate surface area is 196 Å². The molecular formula is C23H26BrN3O3S. The molecule has 3 N–H and O–H groups in total. The van der Waals surface area contributed by atoms with E-state index in [1.54, 1.807) is 42.5 Å². The molecule has 3 rings (SSSR count). The first kappa shape index (κ1) is 23.2. The Kier molecular flexibility index (Phi) is 8.43. The van der Waals surface area contributed by atoms with Gasteiger partial charge >= 0.3 is 0 Å². The van der Waals surface area contributed by atoms with Crippen molar-refractivity contribution in [2.75, 3.05) is 11.9 Å². The third-order valence-corrected chi connectivity index (χ3v) is 5.87. The molecule has 6 nitrogen and oxygen atoms in total. The highest BCUT2D eigenvalue weighted by atomic mass is 79.9. The molecule has 1 saturated carbocycles. The van der Waals surface area contributed by atoms with E-state index in [1.165, 1.54) is 6.42 Å². The van der Waals surface area contributed by atoms with Gasteiger partial charge in [0.15, 0.2) is 5.11 Å². The SMILES string of the molecule is CCOc1ccc(C(=O)NC(=S)Nc2cccc(C(=O)NC3CCCCC3)c2)cc1Br. The second-order valence-corrected chi connectivity index (χ2v) is 8.64. The molecule has 31 heavy (non-hydrogen) atoms. The molecule has 2 amide bonds. The van der Waals surface area contributed by atoms with Crippen molar-refractivity contribution >= 4 is 50.8 Å². The molecule has 2 aromatic carbocycles. The van der Waals surface area contributed by atoms with Gasteiger partial charge in [-0.3, -0.25) is 14.9 Å². The van der Waals surface area contributed by atoms with Gasteiger partial charge in [-0.15, -0.1) is 0 Å². The Morgan fingerprint density at radius 2 is 1.81 bits per heavy atom. The number of hydrogen-bond donors (Lipinski definition) is 3. The van der Waals surface area contributed by atoms with E-state index < -0.39 is 0 Å². The van der Waals surface area contributed by atoms with Crippen molar-refractivity contribution in [3.8, 4) is 5.75 Å². The van der Waals surface area contributed by atoms with Gasteiger partial charge in [-0.2, -0.15) is 0 Å². The quantitative estimate of drug-likeness (QED) is 0.481.